The van der Waals surface area contributed by atoms with E-state index in [1.165, 1.54) is 0 Å². The van der Waals surface area contributed by atoms with Gasteiger partial charge >= 0.3 is 6.03 Å². The zero-order valence-electron chi connectivity index (χ0n) is 12.1. The topological polar surface area (TPSA) is 75.4 Å². The van der Waals surface area contributed by atoms with Crippen molar-refractivity contribution in [1.29, 1.82) is 0 Å². The molecule has 2 rings (SSSR count). The van der Waals surface area contributed by atoms with Gasteiger partial charge in [-0.2, -0.15) is 0 Å². The molecule has 1 heterocycles. The van der Waals surface area contributed by atoms with Gasteiger partial charge in [-0.05, 0) is 43.4 Å². The van der Waals surface area contributed by atoms with Crippen LogP contribution in [-0.2, 0) is 0 Å². The molecule has 1 aromatic carbocycles. The van der Waals surface area contributed by atoms with Crippen LogP contribution in [0.15, 0.2) is 22.7 Å². The number of amides is 3. The van der Waals surface area contributed by atoms with Gasteiger partial charge in [-0.25, -0.2) is 4.79 Å². The first-order valence-corrected chi connectivity index (χ1v) is 7.86. The first kappa shape index (κ1) is 15.8. The highest BCUT2D eigenvalue weighted by molar-refractivity contribution is 9.10. The van der Waals surface area contributed by atoms with Crippen LogP contribution < -0.4 is 11.1 Å². The number of carbonyl (C=O) groups is 2. The number of benzene rings is 1. The Kier molecular flexibility index (Phi) is 5.22. The predicted octanol–water partition coefficient (Wildman–Crippen LogP) is 2.28. The number of carbonyl (C=O) groups excluding carboxylic acids is 2. The standard InChI is InChI=1S/C15H20BrN3O2/c1-10-12(5-2-6-13(10)16)14(20)19-7-3-4-11(9-19)8-18-15(17)21/h2,5-6,11H,3-4,7-9H2,1H3,(H3,17,18,21). The number of nitrogens with two attached hydrogens (primary N) is 1. The van der Waals surface area contributed by atoms with Crippen LogP contribution in [0.5, 0.6) is 0 Å². The average molecular weight is 354 g/mol. The number of piperidine rings is 1. The van der Waals surface area contributed by atoms with Gasteiger partial charge < -0.3 is 16.0 Å². The number of halogens is 1. The molecule has 1 aromatic rings. The molecule has 0 aliphatic carbocycles. The molecule has 1 unspecified atom stereocenters. The lowest BCUT2D eigenvalue weighted by molar-refractivity contribution is 0.0674. The molecule has 0 bridgehead atoms. The van der Waals surface area contributed by atoms with Gasteiger partial charge in [-0.1, -0.05) is 22.0 Å². The Bertz CT molecular complexity index is 548. The van der Waals surface area contributed by atoms with Gasteiger partial charge in [-0.15, -0.1) is 0 Å². The van der Waals surface area contributed by atoms with Gasteiger partial charge in [0.25, 0.3) is 5.91 Å². The zero-order valence-corrected chi connectivity index (χ0v) is 13.6. The molecule has 1 atom stereocenters. The maximum Gasteiger partial charge on any atom is 0.312 e. The summed E-state index contributed by atoms with van der Waals surface area (Å²) in [5, 5.41) is 2.63. The molecule has 0 saturated carbocycles. The van der Waals surface area contributed by atoms with Crippen LogP contribution >= 0.6 is 15.9 Å². The van der Waals surface area contributed by atoms with Gasteiger partial charge in [0.15, 0.2) is 0 Å². The number of rotatable bonds is 3. The first-order chi connectivity index (χ1) is 9.99. The average Bonchev–Trinajstić information content (AvgIpc) is 2.47. The maximum absolute atomic E-state index is 12.6. The van der Waals surface area contributed by atoms with Crippen LogP contribution in [0.1, 0.15) is 28.8 Å². The van der Waals surface area contributed by atoms with Crippen molar-refractivity contribution in [3.8, 4) is 0 Å². The summed E-state index contributed by atoms with van der Waals surface area (Å²) in [4.78, 5) is 25.3. The minimum atomic E-state index is -0.513. The Balaban J connectivity index is 2.05. The molecular weight excluding hydrogens is 334 g/mol. The van der Waals surface area contributed by atoms with Gasteiger partial charge in [0, 0.05) is 29.7 Å². The fourth-order valence-corrected chi connectivity index (χ4v) is 3.04. The molecule has 5 nitrogen and oxygen atoms in total. The monoisotopic (exact) mass is 353 g/mol. The summed E-state index contributed by atoms with van der Waals surface area (Å²) in [6.45, 7) is 3.88. The Hall–Kier alpha value is -1.56. The van der Waals surface area contributed by atoms with Crippen LogP contribution in [-0.4, -0.2) is 36.5 Å². The van der Waals surface area contributed by atoms with E-state index in [0.29, 0.717) is 13.1 Å². The number of nitrogens with zero attached hydrogens (tertiary/aromatic N) is 1. The molecule has 0 spiro atoms. The largest absolute Gasteiger partial charge is 0.352 e. The van der Waals surface area contributed by atoms with Crippen LogP contribution in [0.25, 0.3) is 0 Å². The van der Waals surface area contributed by atoms with Crippen LogP contribution in [0, 0.1) is 12.8 Å². The second-order valence-electron chi connectivity index (χ2n) is 5.42. The lowest BCUT2D eigenvalue weighted by Gasteiger charge is -2.33. The predicted molar refractivity (Wildman–Crippen MR) is 85.1 cm³/mol. The maximum atomic E-state index is 12.6. The highest BCUT2D eigenvalue weighted by Gasteiger charge is 2.25. The number of primary amides is 1. The van der Waals surface area contributed by atoms with Crippen molar-refractivity contribution in [3.63, 3.8) is 0 Å². The van der Waals surface area contributed by atoms with Crippen LogP contribution in [0.4, 0.5) is 4.79 Å². The minimum absolute atomic E-state index is 0.0533. The number of nitrogens with one attached hydrogen (secondary N) is 1. The number of hydrogen-bond acceptors (Lipinski definition) is 2. The summed E-state index contributed by atoms with van der Waals surface area (Å²) in [6.07, 6.45) is 1.95. The molecule has 3 N–H and O–H groups in total. The molecule has 21 heavy (non-hydrogen) atoms. The quantitative estimate of drug-likeness (QED) is 0.874. The van der Waals surface area contributed by atoms with E-state index in [-0.39, 0.29) is 11.8 Å². The highest BCUT2D eigenvalue weighted by Crippen LogP contribution is 2.23. The van der Waals surface area contributed by atoms with E-state index in [4.69, 9.17) is 5.73 Å². The summed E-state index contributed by atoms with van der Waals surface area (Å²) >= 11 is 3.46. The Morgan fingerprint density at radius 3 is 2.95 bits per heavy atom. The Labute approximate surface area is 133 Å². The number of urea groups is 1. The Morgan fingerprint density at radius 1 is 1.48 bits per heavy atom. The molecule has 1 aliphatic rings. The summed E-state index contributed by atoms with van der Waals surface area (Å²) in [5.41, 5.74) is 6.78. The third kappa shape index (κ3) is 3.97. The van der Waals surface area contributed by atoms with Crippen molar-refractivity contribution in [3.05, 3.63) is 33.8 Å². The number of likely N-dealkylation sites (tertiary alicyclic amines) is 1. The number of hydrogen-bond donors (Lipinski definition) is 2. The third-order valence-electron chi connectivity index (χ3n) is 3.87. The van der Waals surface area contributed by atoms with Crippen molar-refractivity contribution >= 4 is 27.9 Å². The van der Waals surface area contributed by atoms with E-state index < -0.39 is 6.03 Å². The highest BCUT2D eigenvalue weighted by atomic mass is 79.9. The van der Waals surface area contributed by atoms with Gasteiger partial charge in [-0.3, -0.25) is 4.79 Å². The first-order valence-electron chi connectivity index (χ1n) is 7.06. The third-order valence-corrected chi connectivity index (χ3v) is 4.73. The fraction of sp³-hybridized carbons (Fsp3) is 0.467. The van der Waals surface area contributed by atoms with Crippen molar-refractivity contribution in [2.24, 2.45) is 11.7 Å². The smallest absolute Gasteiger partial charge is 0.312 e. The molecular formula is C15H20BrN3O2. The van der Waals surface area contributed by atoms with E-state index >= 15 is 0 Å². The lowest BCUT2D eigenvalue weighted by atomic mass is 9.96. The van der Waals surface area contributed by atoms with Crippen molar-refractivity contribution in [2.45, 2.75) is 19.8 Å². The van der Waals surface area contributed by atoms with Crippen molar-refractivity contribution < 1.29 is 9.59 Å². The molecule has 0 aromatic heterocycles. The molecule has 0 radical (unpaired) electrons. The zero-order chi connectivity index (χ0) is 15.4. The van der Waals surface area contributed by atoms with Crippen molar-refractivity contribution in [2.75, 3.05) is 19.6 Å². The summed E-state index contributed by atoms with van der Waals surface area (Å²) in [7, 11) is 0. The lowest BCUT2D eigenvalue weighted by Crippen LogP contribution is -2.44. The van der Waals surface area contributed by atoms with Crippen LogP contribution in [0.3, 0.4) is 0 Å². The van der Waals surface area contributed by atoms with Gasteiger partial charge in [0.1, 0.15) is 0 Å². The molecule has 114 valence electrons. The Morgan fingerprint density at radius 2 is 2.24 bits per heavy atom. The van der Waals surface area contributed by atoms with E-state index in [9.17, 15) is 9.59 Å². The summed E-state index contributed by atoms with van der Waals surface area (Å²) in [6, 6.07) is 5.15. The van der Waals surface area contributed by atoms with Crippen molar-refractivity contribution in [1.82, 2.24) is 10.2 Å². The van der Waals surface area contributed by atoms with Gasteiger partial charge in [0.05, 0.1) is 0 Å². The van der Waals surface area contributed by atoms with E-state index in [1.807, 2.05) is 30.0 Å². The molecule has 3 amide bonds. The van der Waals surface area contributed by atoms with E-state index in [0.717, 1.165) is 35.0 Å². The van der Waals surface area contributed by atoms with E-state index in [2.05, 4.69) is 21.2 Å². The van der Waals surface area contributed by atoms with E-state index in [1.54, 1.807) is 0 Å². The summed E-state index contributed by atoms with van der Waals surface area (Å²) in [5.74, 6) is 0.320. The minimum Gasteiger partial charge on any atom is -0.352 e. The molecule has 6 heteroatoms. The second-order valence-corrected chi connectivity index (χ2v) is 6.27. The summed E-state index contributed by atoms with van der Waals surface area (Å²) < 4.78 is 0.942. The fourth-order valence-electron chi connectivity index (χ4n) is 2.67. The second kappa shape index (κ2) is 6.93. The molecule has 1 saturated heterocycles. The van der Waals surface area contributed by atoms with Gasteiger partial charge in [0.2, 0.25) is 0 Å². The van der Waals surface area contributed by atoms with Crippen LogP contribution in [0.2, 0.25) is 0 Å². The molecule has 1 fully saturated rings. The normalized spacial score (nSPS) is 18.4. The SMILES string of the molecule is Cc1c(Br)cccc1C(=O)N1CCCC(CNC(N)=O)C1. The molecule has 1 aliphatic heterocycles.